The maximum Gasteiger partial charge on any atom is 0.260 e. The second-order valence-corrected chi connectivity index (χ2v) is 4.69. The molecule has 0 saturated heterocycles. The highest BCUT2D eigenvalue weighted by molar-refractivity contribution is 8.00. The molecule has 0 heterocycles. The summed E-state index contributed by atoms with van der Waals surface area (Å²) in [6.45, 7) is 0. The van der Waals surface area contributed by atoms with Gasteiger partial charge in [-0.3, -0.25) is 4.79 Å². The maximum absolute atomic E-state index is 10.6. The van der Waals surface area contributed by atoms with Crippen LogP contribution in [0.4, 0.5) is 0 Å². The third-order valence-electron chi connectivity index (χ3n) is 1.33. The zero-order valence-electron chi connectivity index (χ0n) is 6.71. The number of aliphatic hydroxyl groups excluding tert-OH is 1. The van der Waals surface area contributed by atoms with E-state index in [0.717, 1.165) is 11.8 Å². The SMILES string of the molecule is O=C(Cl)C(O)Sc1cc(Cl)ccc1Cl. The average Bonchev–Trinajstić information content (AvgIpc) is 2.11. The summed E-state index contributed by atoms with van der Waals surface area (Å²) in [5.74, 6) is 0. The van der Waals surface area contributed by atoms with E-state index in [1.54, 1.807) is 18.2 Å². The summed E-state index contributed by atoms with van der Waals surface area (Å²) in [6, 6.07) is 4.75. The molecule has 0 aliphatic rings. The topological polar surface area (TPSA) is 37.3 Å². The van der Waals surface area contributed by atoms with Crippen LogP contribution in [0, 0.1) is 0 Å². The fourth-order valence-electron chi connectivity index (χ4n) is 0.734. The molecule has 14 heavy (non-hydrogen) atoms. The van der Waals surface area contributed by atoms with Crippen LogP contribution in [0.2, 0.25) is 10.0 Å². The van der Waals surface area contributed by atoms with Crippen LogP contribution in [-0.2, 0) is 4.79 Å². The monoisotopic (exact) mass is 270 g/mol. The van der Waals surface area contributed by atoms with E-state index in [-0.39, 0.29) is 0 Å². The van der Waals surface area contributed by atoms with Crippen molar-refractivity contribution in [3.05, 3.63) is 28.2 Å². The highest BCUT2D eigenvalue weighted by atomic mass is 35.5. The second-order valence-electron chi connectivity index (χ2n) is 2.35. The molecule has 0 aliphatic heterocycles. The molecule has 0 saturated carbocycles. The van der Waals surface area contributed by atoms with Crippen LogP contribution in [0.1, 0.15) is 0 Å². The number of hydrogen-bond acceptors (Lipinski definition) is 3. The molecule has 0 amide bonds. The summed E-state index contributed by atoms with van der Waals surface area (Å²) in [4.78, 5) is 11.1. The Balaban J connectivity index is 2.85. The molecule has 1 aromatic carbocycles. The number of carbonyl (C=O) groups is 1. The summed E-state index contributed by atoms with van der Waals surface area (Å²) in [6.07, 6.45) is 0. The van der Waals surface area contributed by atoms with Gasteiger partial charge in [-0.15, -0.1) is 0 Å². The van der Waals surface area contributed by atoms with Crippen LogP contribution in [-0.4, -0.2) is 15.8 Å². The van der Waals surface area contributed by atoms with Gasteiger partial charge < -0.3 is 5.11 Å². The number of carbonyl (C=O) groups excluding carboxylic acids is 1. The highest BCUT2D eigenvalue weighted by Crippen LogP contribution is 2.32. The first-order valence-electron chi connectivity index (χ1n) is 3.50. The predicted molar refractivity (Wildman–Crippen MR) is 59.2 cm³/mol. The maximum atomic E-state index is 10.6. The van der Waals surface area contributed by atoms with Crippen LogP contribution in [0.15, 0.2) is 23.1 Å². The van der Waals surface area contributed by atoms with Gasteiger partial charge in [-0.2, -0.15) is 0 Å². The Morgan fingerprint density at radius 1 is 1.43 bits per heavy atom. The first kappa shape index (κ1) is 12.1. The Kier molecular flexibility index (Phi) is 4.54. The summed E-state index contributed by atoms with van der Waals surface area (Å²) < 4.78 is 0. The first-order chi connectivity index (χ1) is 6.50. The van der Waals surface area contributed by atoms with Crippen molar-refractivity contribution in [1.29, 1.82) is 0 Å². The van der Waals surface area contributed by atoms with E-state index >= 15 is 0 Å². The van der Waals surface area contributed by atoms with Crippen molar-refractivity contribution in [2.24, 2.45) is 0 Å². The highest BCUT2D eigenvalue weighted by Gasteiger charge is 2.15. The molecule has 2 nitrogen and oxygen atoms in total. The fraction of sp³-hybridized carbons (Fsp3) is 0.125. The largest absolute Gasteiger partial charge is 0.373 e. The smallest absolute Gasteiger partial charge is 0.260 e. The summed E-state index contributed by atoms with van der Waals surface area (Å²) in [5.41, 5.74) is -1.33. The zero-order chi connectivity index (χ0) is 10.7. The molecular weight excluding hydrogens is 267 g/mol. The summed E-state index contributed by atoms with van der Waals surface area (Å²) in [7, 11) is 0. The van der Waals surface area contributed by atoms with E-state index in [9.17, 15) is 9.90 Å². The van der Waals surface area contributed by atoms with E-state index < -0.39 is 10.7 Å². The Morgan fingerprint density at radius 2 is 2.07 bits per heavy atom. The van der Waals surface area contributed by atoms with Crippen LogP contribution < -0.4 is 0 Å². The van der Waals surface area contributed by atoms with Crippen LogP contribution >= 0.6 is 46.6 Å². The van der Waals surface area contributed by atoms with Gasteiger partial charge in [0.05, 0.1) is 5.02 Å². The third-order valence-corrected chi connectivity index (χ3v) is 3.37. The predicted octanol–water partition coefficient (Wildman–Crippen LogP) is 3.17. The van der Waals surface area contributed by atoms with E-state index in [4.69, 9.17) is 34.8 Å². The summed E-state index contributed by atoms with van der Waals surface area (Å²) in [5, 5.41) is 9.22. The zero-order valence-corrected chi connectivity index (χ0v) is 9.79. The molecule has 1 N–H and O–H groups in total. The molecule has 0 bridgehead atoms. The van der Waals surface area contributed by atoms with Crippen molar-refractivity contribution in [2.75, 3.05) is 0 Å². The Labute approximate surface area is 100 Å². The lowest BCUT2D eigenvalue weighted by molar-refractivity contribution is -0.115. The molecular formula is C8H5Cl3O2S. The van der Waals surface area contributed by atoms with Gasteiger partial charge in [-0.25, -0.2) is 0 Å². The van der Waals surface area contributed by atoms with E-state index in [2.05, 4.69) is 0 Å². The Morgan fingerprint density at radius 3 is 2.64 bits per heavy atom. The van der Waals surface area contributed by atoms with Gasteiger partial charge in [-0.1, -0.05) is 35.0 Å². The molecule has 6 heteroatoms. The number of aliphatic hydroxyl groups is 1. The standard InChI is InChI=1S/C8H5Cl3O2S/c9-4-1-2-5(10)6(3-4)14-8(13)7(11)12/h1-3,8,13H. The molecule has 0 radical (unpaired) electrons. The number of rotatable bonds is 3. The molecule has 1 unspecified atom stereocenters. The van der Waals surface area contributed by atoms with Crippen LogP contribution in [0.3, 0.4) is 0 Å². The van der Waals surface area contributed by atoms with E-state index in [1.807, 2.05) is 0 Å². The molecule has 0 fully saturated rings. The van der Waals surface area contributed by atoms with Crippen LogP contribution in [0.25, 0.3) is 0 Å². The minimum Gasteiger partial charge on any atom is -0.373 e. The lowest BCUT2D eigenvalue weighted by Crippen LogP contribution is -2.09. The Hall–Kier alpha value is 0.0700. The molecule has 0 spiro atoms. The molecule has 76 valence electrons. The molecule has 0 aliphatic carbocycles. The summed E-state index contributed by atoms with van der Waals surface area (Å²) >= 11 is 17.4. The van der Waals surface area contributed by atoms with E-state index in [0.29, 0.717) is 14.9 Å². The van der Waals surface area contributed by atoms with Crippen molar-refractivity contribution in [3.8, 4) is 0 Å². The van der Waals surface area contributed by atoms with Gasteiger partial charge in [-0.05, 0) is 29.8 Å². The van der Waals surface area contributed by atoms with Crippen molar-refractivity contribution in [3.63, 3.8) is 0 Å². The van der Waals surface area contributed by atoms with Crippen molar-refractivity contribution in [1.82, 2.24) is 0 Å². The third kappa shape index (κ3) is 3.33. The number of hydrogen-bond donors (Lipinski definition) is 1. The van der Waals surface area contributed by atoms with Gasteiger partial charge in [0.15, 0.2) is 5.44 Å². The fourth-order valence-corrected chi connectivity index (χ4v) is 2.06. The van der Waals surface area contributed by atoms with Gasteiger partial charge >= 0.3 is 0 Å². The lowest BCUT2D eigenvalue weighted by Gasteiger charge is -2.07. The minimum atomic E-state index is -1.33. The normalized spacial score (nSPS) is 12.6. The number of benzene rings is 1. The first-order valence-corrected chi connectivity index (χ1v) is 5.51. The van der Waals surface area contributed by atoms with Crippen molar-refractivity contribution < 1.29 is 9.90 Å². The van der Waals surface area contributed by atoms with Gasteiger partial charge in [0.2, 0.25) is 0 Å². The average molecular weight is 272 g/mol. The quantitative estimate of drug-likeness (QED) is 0.521. The lowest BCUT2D eigenvalue weighted by atomic mass is 10.4. The molecule has 0 aromatic heterocycles. The molecule has 1 aromatic rings. The number of halogens is 3. The van der Waals surface area contributed by atoms with Crippen LogP contribution in [0.5, 0.6) is 0 Å². The van der Waals surface area contributed by atoms with Gasteiger partial charge in [0.1, 0.15) is 0 Å². The molecule has 1 atom stereocenters. The Bertz CT molecular complexity index is 356. The van der Waals surface area contributed by atoms with Gasteiger partial charge in [0, 0.05) is 9.92 Å². The molecule has 1 rings (SSSR count). The van der Waals surface area contributed by atoms with Gasteiger partial charge in [0.25, 0.3) is 5.24 Å². The minimum absolute atomic E-state index is 0.413. The second kappa shape index (κ2) is 5.24. The van der Waals surface area contributed by atoms with Crippen molar-refractivity contribution >= 4 is 51.8 Å². The van der Waals surface area contributed by atoms with Crippen molar-refractivity contribution in [2.45, 2.75) is 10.3 Å². The number of thioether (sulfide) groups is 1. The van der Waals surface area contributed by atoms with E-state index in [1.165, 1.54) is 0 Å².